The second kappa shape index (κ2) is 8.40. The van der Waals surface area contributed by atoms with Gasteiger partial charge in [-0.15, -0.1) is 11.6 Å². The fourth-order valence-electron chi connectivity index (χ4n) is 5.16. The number of nitrogens with zero attached hydrogens (tertiary/aromatic N) is 2. The predicted molar refractivity (Wildman–Crippen MR) is 106 cm³/mol. The predicted octanol–water partition coefficient (Wildman–Crippen LogP) is 1.12. The smallest absolute Gasteiger partial charge is 0.421 e. The Labute approximate surface area is 186 Å². The van der Waals surface area contributed by atoms with Crippen molar-refractivity contribution >= 4 is 23.6 Å². The fraction of sp³-hybridized carbons (Fsp3) is 0.900. The summed E-state index contributed by atoms with van der Waals surface area (Å²) in [6, 6.07) is 0. The Morgan fingerprint density at radius 1 is 1.32 bits per heavy atom. The minimum Gasteiger partial charge on any atom is -0.443 e. The molecule has 2 amide bonds. The van der Waals surface area contributed by atoms with E-state index >= 15 is 0 Å². The molecule has 31 heavy (non-hydrogen) atoms. The van der Waals surface area contributed by atoms with Crippen LogP contribution in [0.25, 0.3) is 0 Å². The fourth-order valence-corrected chi connectivity index (χ4v) is 5.31. The van der Waals surface area contributed by atoms with Crippen LogP contribution >= 0.6 is 11.6 Å². The first-order valence-electron chi connectivity index (χ1n) is 10.8. The first-order chi connectivity index (χ1) is 14.7. The molecular formula is C20H32ClN2O8+. The number of epoxide rings is 2. The Balaban J connectivity index is 1.49. The van der Waals surface area contributed by atoms with Crippen LogP contribution in [0.3, 0.4) is 0 Å². The Bertz CT molecular complexity index is 711. The molecule has 1 saturated carbocycles. The van der Waals surface area contributed by atoms with Crippen molar-refractivity contribution in [2.24, 2.45) is 5.92 Å². The number of ether oxygens (including phenoxy) is 5. The second-order valence-electron chi connectivity index (χ2n) is 9.19. The van der Waals surface area contributed by atoms with Crippen LogP contribution in [0.5, 0.6) is 0 Å². The minimum absolute atomic E-state index is 0.0556. The second-order valence-corrected chi connectivity index (χ2v) is 9.46. The maximum atomic E-state index is 13.1. The number of halogens is 1. The minimum atomic E-state index is -0.836. The number of methoxy groups -OCH3 is 1. The van der Waals surface area contributed by atoms with Gasteiger partial charge < -0.3 is 23.7 Å². The van der Waals surface area contributed by atoms with Crippen LogP contribution in [0.15, 0.2) is 0 Å². The molecule has 0 radical (unpaired) electrons. The maximum Gasteiger partial charge on any atom is 0.421 e. The molecule has 3 heterocycles. The molecule has 0 aromatic rings. The molecule has 1 N–H and O–H groups in total. The highest BCUT2D eigenvalue weighted by molar-refractivity contribution is 6.28. The van der Waals surface area contributed by atoms with E-state index in [2.05, 4.69) is 0 Å². The van der Waals surface area contributed by atoms with Gasteiger partial charge in [-0.3, -0.25) is 4.79 Å². The van der Waals surface area contributed by atoms with E-state index in [9.17, 15) is 14.8 Å². The summed E-state index contributed by atoms with van der Waals surface area (Å²) in [4.78, 5) is 26.4. The highest BCUT2D eigenvalue weighted by atomic mass is 35.5. The SMILES string of the molecule is CO[C@H]1C([C@]2(C)OC2C)C2(CC[C@H]1OC(=O)N(C[N+]1(O)CCOCC1)C(=O)CCl)CO2. The van der Waals surface area contributed by atoms with Crippen molar-refractivity contribution in [1.29, 1.82) is 0 Å². The molecule has 10 nitrogen and oxygen atoms in total. The number of quaternary nitrogens is 1. The molecule has 4 fully saturated rings. The van der Waals surface area contributed by atoms with E-state index in [0.717, 1.165) is 4.90 Å². The summed E-state index contributed by atoms with van der Waals surface area (Å²) in [7, 11) is 1.58. The van der Waals surface area contributed by atoms with Crippen LogP contribution in [0.1, 0.15) is 26.7 Å². The first kappa shape index (κ1) is 23.2. The summed E-state index contributed by atoms with van der Waals surface area (Å²) in [5, 5.41) is 10.8. The van der Waals surface area contributed by atoms with E-state index in [1.807, 2.05) is 13.8 Å². The Kier molecular flexibility index (Phi) is 6.28. The molecule has 1 spiro atoms. The average Bonchev–Trinajstić information content (AvgIpc) is 3.65. The maximum absolute atomic E-state index is 13.1. The van der Waals surface area contributed by atoms with Crippen molar-refractivity contribution < 1.29 is 43.1 Å². The van der Waals surface area contributed by atoms with Crippen LogP contribution < -0.4 is 0 Å². The average molecular weight is 464 g/mol. The van der Waals surface area contributed by atoms with Crippen molar-refractivity contribution in [3.05, 3.63) is 0 Å². The van der Waals surface area contributed by atoms with Crippen molar-refractivity contribution in [1.82, 2.24) is 4.90 Å². The van der Waals surface area contributed by atoms with Crippen molar-refractivity contribution in [3.8, 4) is 0 Å². The number of carbonyl (C=O) groups is 2. The lowest BCUT2D eigenvalue weighted by molar-refractivity contribution is -1.11. The Morgan fingerprint density at radius 3 is 2.48 bits per heavy atom. The number of hydrogen-bond acceptors (Lipinski definition) is 8. The van der Waals surface area contributed by atoms with Gasteiger partial charge in [-0.1, -0.05) is 0 Å². The standard InChI is InChI=1S/C20H32ClN2O8/c1-13-19(2,31-13)17-16(27-3)14(4-5-20(17)11-29-20)30-18(25)22(15(24)10-21)12-23(26)6-8-28-9-7-23/h13-14,16-17,26H,4-12H2,1-3H3/q+1/t13?,14-,16-,17?,19-,20?/m1/s1. The number of hydrogen-bond donors (Lipinski definition) is 1. The summed E-state index contributed by atoms with van der Waals surface area (Å²) in [6.07, 6.45) is -0.544. The third-order valence-corrected chi connectivity index (χ3v) is 7.52. The van der Waals surface area contributed by atoms with E-state index in [1.54, 1.807) is 7.11 Å². The summed E-state index contributed by atoms with van der Waals surface area (Å²) in [5.41, 5.74) is -0.731. The number of imide groups is 1. The molecule has 0 aromatic carbocycles. The normalized spacial score (nSPS) is 40.9. The quantitative estimate of drug-likeness (QED) is 0.354. The van der Waals surface area contributed by atoms with Crippen LogP contribution in [-0.4, -0.2) is 109 Å². The molecule has 3 aliphatic heterocycles. The third-order valence-electron chi connectivity index (χ3n) is 7.30. The monoisotopic (exact) mass is 463 g/mol. The molecule has 176 valence electrons. The van der Waals surface area contributed by atoms with Gasteiger partial charge in [0.1, 0.15) is 36.8 Å². The molecule has 0 aromatic heterocycles. The van der Waals surface area contributed by atoms with E-state index in [-0.39, 0.29) is 37.4 Å². The number of amides is 2. The summed E-state index contributed by atoms with van der Waals surface area (Å²) < 4.78 is 28.1. The van der Waals surface area contributed by atoms with Gasteiger partial charge in [-0.05, 0) is 26.7 Å². The molecule has 4 aliphatic rings. The lowest BCUT2D eigenvalue weighted by Gasteiger charge is -2.43. The van der Waals surface area contributed by atoms with Crippen molar-refractivity contribution in [2.45, 2.75) is 56.2 Å². The number of morpholine rings is 1. The van der Waals surface area contributed by atoms with Gasteiger partial charge >= 0.3 is 6.09 Å². The highest BCUT2D eigenvalue weighted by Crippen LogP contribution is 2.58. The molecule has 4 rings (SSSR count). The van der Waals surface area contributed by atoms with Gasteiger partial charge in [0.05, 0.1) is 37.4 Å². The Morgan fingerprint density at radius 2 is 1.97 bits per heavy atom. The number of rotatable bonds is 6. The summed E-state index contributed by atoms with van der Waals surface area (Å²) in [5.74, 6) is -1.12. The topological polar surface area (TPSA) is 110 Å². The number of carbonyl (C=O) groups excluding carboxylic acids is 2. The molecule has 0 bridgehead atoms. The van der Waals surface area contributed by atoms with Crippen molar-refractivity contribution in [2.75, 3.05) is 52.6 Å². The molecule has 3 unspecified atom stereocenters. The lowest BCUT2D eigenvalue weighted by Crippen LogP contribution is -2.61. The van der Waals surface area contributed by atoms with E-state index in [0.29, 0.717) is 32.7 Å². The zero-order valence-corrected chi connectivity index (χ0v) is 19.0. The molecular weight excluding hydrogens is 432 g/mol. The molecule has 1 aliphatic carbocycles. The van der Waals surface area contributed by atoms with E-state index < -0.39 is 40.3 Å². The molecule has 3 saturated heterocycles. The van der Waals surface area contributed by atoms with Gasteiger partial charge in [0.15, 0.2) is 6.67 Å². The van der Waals surface area contributed by atoms with Gasteiger partial charge in [0.25, 0.3) is 5.91 Å². The molecule has 11 heteroatoms. The Hall–Kier alpha value is -1.01. The van der Waals surface area contributed by atoms with Crippen LogP contribution in [-0.2, 0) is 28.5 Å². The van der Waals surface area contributed by atoms with E-state index in [1.165, 1.54) is 0 Å². The number of hydroxylamine groups is 3. The zero-order chi connectivity index (χ0) is 22.4. The first-order valence-corrected chi connectivity index (χ1v) is 11.3. The number of alkyl halides is 1. The van der Waals surface area contributed by atoms with Crippen LogP contribution in [0.4, 0.5) is 4.79 Å². The van der Waals surface area contributed by atoms with Gasteiger partial charge in [-0.25, -0.2) is 10.0 Å². The molecule has 6 atom stereocenters. The van der Waals surface area contributed by atoms with Gasteiger partial charge in [-0.2, -0.15) is 9.55 Å². The third kappa shape index (κ3) is 4.31. The van der Waals surface area contributed by atoms with Crippen LogP contribution in [0.2, 0.25) is 0 Å². The van der Waals surface area contributed by atoms with Crippen molar-refractivity contribution in [3.63, 3.8) is 0 Å². The largest absolute Gasteiger partial charge is 0.443 e. The van der Waals surface area contributed by atoms with Gasteiger partial charge in [0.2, 0.25) is 0 Å². The van der Waals surface area contributed by atoms with Gasteiger partial charge in [0, 0.05) is 7.11 Å². The summed E-state index contributed by atoms with van der Waals surface area (Å²) >= 11 is 5.74. The lowest BCUT2D eigenvalue weighted by atomic mass is 9.68. The van der Waals surface area contributed by atoms with Crippen LogP contribution in [0, 0.1) is 5.92 Å². The highest BCUT2D eigenvalue weighted by Gasteiger charge is 2.71. The van der Waals surface area contributed by atoms with E-state index in [4.69, 9.17) is 35.3 Å². The summed E-state index contributed by atoms with van der Waals surface area (Å²) in [6.45, 7) is 5.62. The zero-order valence-electron chi connectivity index (χ0n) is 18.3.